The van der Waals surface area contributed by atoms with Crippen molar-refractivity contribution >= 4 is 21.6 Å². The summed E-state index contributed by atoms with van der Waals surface area (Å²) < 4.78 is 33.6. The monoisotopic (exact) mass is 379 g/mol. The van der Waals surface area contributed by atoms with Crippen LogP contribution < -0.4 is 15.6 Å². The van der Waals surface area contributed by atoms with Crippen LogP contribution in [0, 0.1) is 0 Å². The lowest BCUT2D eigenvalue weighted by Gasteiger charge is -2.09. The molecule has 0 fully saturated rings. The molecule has 0 saturated carbocycles. The van der Waals surface area contributed by atoms with Crippen LogP contribution in [0.15, 0.2) is 88.2 Å². The second kappa shape index (κ2) is 7.22. The van der Waals surface area contributed by atoms with E-state index in [1.54, 1.807) is 30.3 Å². The fourth-order valence-electron chi connectivity index (χ4n) is 2.71. The van der Waals surface area contributed by atoms with Gasteiger partial charge in [-0.05, 0) is 42.0 Å². The molecule has 0 radical (unpaired) electrons. The highest BCUT2D eigenvalue weighted by molar-refractivity contribution is 7.90. The summed E-state index contributed by atoms with van der Waals surface area (Å²) in [5.74, 6) is 0.627. The summed E-state index contributed by atoms with van der Waals surface area (Å²) in [5, 5.41) is 0. The Hall–Kier alpha value is -3.16. The van der Waals surface area contributed by atoms with Crippen LogP contribution in [0.4, 0.5) is 5.69 Å². The molecule has 0 aromatic heterocycles. The van der Waals surface area contributed by atoms with Crippen molar-refractivity contribution in [3.63, 3.8) is 0 Å². The second-order valence-corrected chi connectivity index (χ2v) is 7.53. The number of ether oxygens (including phenoxy) is 1. The van der Waals surface area contributed by atoms with Crippen LogP contribution in [-0.2, 0) is 16.6 Å². The van der Waals surface area contributed by atoms with Gasteiger partial charge in [-0.25, -0.2) is 5.43 Å². The number of hydrazine groups is 1. The van der Waals surface area contributed by atoms with Gasteiger partial charge in [0.25, 0.3) is 10.0 Å². The molecule has 3 aromatic rings. The summed E-state index contributed by atoms with van der Waals surface area (Å²) in [6, 6.07) is 23.8. The van der Waals surface area contributed by atoms with Gasteiger partial charge in [0, 0.05) is 12.2 Å². The third kappa shape index (κ3) is 3.84. The van der Waals surface area contributed by atoms with Crippen LogP contribution in [0.5, 0.6) is 5.75 Å². The second-order valence-electron chi connectivity index (χ2n) is 5.96. The zero-order chi connectivity index (χ0) is 18.7. The number of hydrogen-bond acceptors (Lipinski definition) is 5. The van der Waals surface area contributed by atoms with E-state index in [2.05, 4.69) is 15.2 Å². The highest BCUT2D eigenvalue weighted by atomic mass is 32.2. The number of anilines is 1. The van der Waals surface area contributed by atoms with E-state index in [9.17, 15) is 8.42 Å². The topological polar surface area (TPSA) is 79.8 Å². The summed E-state index contributed by atoms with van der Waals surface area (Å²) in [6.45, 7) is 0.618. The molecule has 1 aliphatic heterocycles. The van der Waals surface area contributed by atoms with Crippen molar-refractivity contribution in [2.24, 2.45) is 4.40 Å². The molecule has 6 nitrogen and oxygen atoms in total. The number of fused-ring (bicyclic) bond motifs is 1. The van der Waals surface area contributed by atoms with Crippen molar-refractivity contribution in [1.29, 1.82) is 0 Å². The zero-order valence-electron chi connectivity index (χ0n) is 14.3. The molecule has 1 aliphatic rings. The van der Waals surface area contributed by atoms with E-state index in [1.807, 2.05) is 42.5 Å². The molecule has 27 heavy (non-hydrogen) atoms. The van der Waals surface area contributed by atoms with Crippen molar-refractivity contribution in [3.8, 4) is 5.75 Å². The highest BCUT2D eigenvalue weighted by Gasteiger charge is 2.29. The lowest BCUT2D eigenvalue weighted by atomic mass is 10.2. The number of benzene rings is 3. The molecule has 0 aliphatic carbocycles. The van der Waals surface area contributed by atoms with Crippen molar-refractivity contribution < 1.29 is 13.2 Å². The van der Waals surface area contributed by atoms with Gasteiger partial charge >= 0.3 is 0 Å². The van der Waals surface area contributed by atoms with Crippen LogP contribution in [0.1, 0.15) is 11.1 Å². The van der Waals surface area contributed by atoms with Gasteiger partial charge in [0.1, 0.15) is 10.6 Å². The lowest BCUT2D eigenvalue weighted by Crippen LogP contribution is -2.20. The first-order valence-corrected chi connectivity index (χ1v) is 9.81. The minimum absolute atomic E-state index is 0.0993. The van der Waals surface area contributed by atoms with Crippen LogP contribution >= 0.6 is 0 Å². The van der Waals surface area contributed by atoms with Gasteiger partial charge in [-0.3, -0.25) is 0 Å². The molecule has 0 saturated heterocycles. The predicted octanol–water partition coefficient (Wildman–Crippen LogP) is 3.33. The standard InChI is InChI=1S/C20H17N3O3S/c24-27(25)19-9-5-4-8-18(19)20(23-27)26-17-12-10-15(11-13-17)14-21-22-16-6-2-1-3-7-16/h1-13,21-22H,14H2. The maximum Gasteiger partial charge on any atom is 0.286 e. The molecule has 0 bridgehead atoms. The smallest absolute Gasteiger partial charge is 0.286 e. The number of nitrogens with zero attached hydrogens (tertiary/aromatic N) is 1. The Morgan fingerprint density at radius 3 is 2.33 bits per heavy atom. The van der Waals surface area contributed by atoms with Crippen LogP contribution in [0.25, 0.3) is 0 Å². The third-order valence-electron chi connectivity index (χ3n) is 4.04. The predicted molar refractivity (Wildman–Crippen MR) is 104 cm³/mol. The first-order valence-electron chi connectivity index (χ1n) is 8.37. The van der Waals surface area contributed by atoms with Gasteiger partial charge in [0.15, 0.2) is 0 Å². The van der Waals surface area contributed by atoms with E-state index in [1.165, 1.54) is 6.07 Å². The average Bonchev–Trinajstić information content (AvgIpc) is 2.95. The Labute approximate surface area is 157 Å². The lowest BCUT2D eigenvalue weighted by molar-refractivity contribution is 0.553. The zero-order valence-corrected chi connectivity index (χ0v) is 15.1. The van der Waals surface area contributed by atoms with Crippen LogP contribution in [0.2, 0.25) is 0 Å². The van der Waals surface area contributed by atoms with E-state index in [0.717, 1.165) is 11.3 Å². The molecule has 0 atom stereocenters. The van der Waals surface area contributed by atoms with Gasteiger partial charge in [0.05, 0.1) is 5.56 Å². The molecule has 1 heterocycles. The van der Waals surface area contributed by atoms with Gasteiger partial charge < -0.3 is 10.2 Å². The molecule has 2 N–H and O–H groups in total. The summed E-state index contributed by atoms with van der Waals surface area (Å²) in [7, 11) is -3.68. The van der Waals surface area contributed by atoms with Gasteiger partial charge in [-0.1, -0.05) is 42.5 Å². The van der Waals surface area contributed by atoms with Crippen molar-refractivity contribution in [2.45, 2.75) is 11.4 Å². The third-order valence-corrected chi connectivity index (χ3v) is 5.35. The van der Waals surface area contributed by atoms with Gasteiger partial charge in [-0.2, -0.15) is 8.42 Å². The largest absolute Gasteiger partial charge is 0.438 e. The molecule has 3 aromatic carbocycles. The van der Waals surface area contributed by atoms with E-state index in [0.29, 0.717) is 17.9 Å². The molecular weight excluding hydrogens is 362 g/mol. The fraction of sp³-hybridized carbons (Fsp3) is 0.0500. The van der Waals surface area contributed by atoms with Crippen molar-refractivity contribution in [1.82, 2.24) is 5.43 Å². The molecular formula is C20H17N3O3S. The maximum atomic E-state index is 12.1. The molecule has 0 amide bonds. The van der Waals surface area contributed by atoms with E-state index < -0.39 is 10.0 Å². The van der Waals surface area contributed by atoms with E-state index in [4.69, 9.17) is 4.74 Å². The maximum absolute atomic E-state index is 12.1. The van der Waals surface area contributed by atoms with E-state index >= 15 is 0 Å². The number of para-hydroxylation sites is 1. The molecule has 7 heteroatoms. The van der Waals surface area contributed by atoms with Crippen LogP contribution in [-0.4, -0.2) is 14.3 Å². The SMILES string of the molecule is O=S1(=O)N=C(Oc2ccc(CNNc3ccccc3)cc2)c2ccccc21. The van der Waals surface area contributed by atoms with Gasteiger partial charge in [0.2, 0.25) is 5.90 Å². The van der Waals surface area contributed by atoms with Gasteiger partial charge in [-0.15, -0.1) is 4.40 Å². The Bertz CT molecular complexity index is 1080. The first-order chi connectivity index (χ1) is 13.1. The Kier molecular flexibility index (Phi) is 4.62. The first kappa shape index (κ1) is 17.3. The number of nitrogens with one attached hydrogen (secondary N) is 2. The highest BCUT2D eigenvalue weighted by Crippen LogP contribution is 2.27. The summed E-state index contributed by atoms with van der Waals surface area (Å²) in [4.78, 5) is 0.174. The average molecular weight is 379 g/mol. The van der Waals surface area contributed by atoms with Crippen LogP contribution in [0.3, 0.4) is 0 Å². The number of sulfonamides is 1. The molecule has 0 unspecified atom stereocenters. The number of hydrogen-bond donors (Lipinski definition) is 2. The van der Waals surface area contributed by atoms with Crippen molar-refractivity contribution in [3.05, 3.63) is 90.0 Å². The minimum Gasteiger partial charge on any atom is -0.438 e. The van der Waals surface area contributed by atoms with Crippen molar-refractivity contribution in [2.75, 3.05) is 5.43 Å². The normalized spacial score (nSPS) is 14.3. The molecule has 4 rings (SSSR count). The Morgan fingerprint density at radius 1 is 0.852 bits per heavy atom. The Balaban J connectivity index is 1.40. The quantitative estimate of drug-likeness (QED) is 0.665. The molecule has 136 valence electrons. The molecule has 0 spiro atoms. The summed E-state index contributed by atoms with van der Waals surface area (Å²) >= 11 is 0. The minimum atomic E-state index is -3.68. The summed E-state index contributed by atoms with van der Waals surface area (Å²) in [6.07, 6.45) is 0. The van der Waals surface area contributed by atoms with E-state index in [-0.39, 0.29) is 10.8 Å². The summed E-state index contributed by atoms with van der Waals surface area (Å²) in [5.41, 5.74) is 8.77. The fourth-order valence-corrected chi connectivity index (χ4v) is 3.84. The number of rotatable bonds is 5. The Morgan fingerprint density at radius 2 is 1.56 bits per heavy atom.